The van der Waals surface area contributed by atoms with Crippen LogP contribution in [0.1, 0.15) is 42.9 Å². The summed E-state index contributed by atoms with van der Waals surface area (Å²) in [5.74, 6) is 4.28. The highest BCUT2D eigenvalue weighted by Gasteiger charge is 2.25. The molecule has 0 aliphatic carbocycles. The summed E-state index contributed by atoms with van der Waals surface area (Å²) in [5.41, 5.74) is 1.18. The Bertz CT molecular complexity index is 850. The van der Waals surface area contributed by atoms with Gasteiger partial charge in [-0.15, -0.1) is 24.0 Å². The van der Waals surface area contributed by atoms with Crippen LogP contribution in [0.4, 0.5) is 0 Å². The molecule has 0 bridgehead atoms. The molecule has 2 heterocycles. The van der Waals surface area contributed by atoms with E-state index in [2.05, 4.69) is 34.6 Å². The molecule has 2 N–H and O–H groups in total. The Hall–Kier alpha value is -1.94. The Morgan fingerprint density at radius 3 is 2.47 bits per heavy atom. The van der Waals surface area contributed by atoms with Gasteiger partial charge in [0, 0.05) is 13.1 Å². The highest BCUT2D eigenvalue weighted by molar-refractivity contribution is 14.0. The van der Waals surface area contributed by atoms with Gasteiger partial charge in [-0.3, -0.25) is 9.89 Å². The topological polar surface area (TPSA) is 71.3 Å². The molecule has 1 saturated heterocycles. The number of aryl methyl sites for hydroxylation is 1. The minimum Gasteiger partial charge on any atom is -0.493 e. The Kier molecular flexibility index (Phi) is 11.2. The smallest absolute Gasteiger partial charge is 0.191 e. The van der Waals surface area contributed by atoms with E-state index in [1.165, 1.54) is 18.4 Å². The quantitative estimate of drug-likeness (QED) is 0.260. The van der Waals surface area contributed by atoms with Crippen LogP contribution in [0.15, 0.2) is 39.7 Å². The van der Waals surface area contributed by atoms with Crippen molar-refractivity contribution in [2.45, 2.75) is 39.2 Å². The first-order valence-electron chi connectivity index (χ1n) is 11.2. The third kappa shape index (κ3) is 7.30. The number of halogens is 1. The second-order valence-electron chi connectivity index (χ2n) is 7.79. The fourth-order valence-corrected chi connectivity index (χ4v) is 3.95. The lowest BCUT2D eigenvalue weighted by Crippen LogP contribution is -2.39. The number of furan rings is 1. The number of likely N-dealkylation sites (tertiary alicyclic amines) is 1. The van der Waals surface area contributed by atoms with Gasteiger partial charge in [-0.25, -0.2) is 0 Å². The molecule has 2 aromatic rings. The maximum absolute atomic E-state index is 5.96. The van der Waals surface area contributed by atoms with Gasteiger partial charge in [-0.1, -0.05) is 6.07 Å². The van der Waals surface area contributed by atoms with Crippen LogP contribution < -0.4 is 20.1 Å². The SMILES string of the molecule is CCNC(=NCC(c1ccc(C)o1)N1CCCC1)NCCc1ccc(OC)c(OC)c1.I. The minimum atomic E-state index is 0. The maximum atomic E-state index is 5.96. The van der Waals surface area contributed by atoms with Crippen molar-refractivity contribution >= 4 is 29.9 Å². The standard InChI is InChI=1S/C24H36N4O3.HI/c1-5-25-24(26-13-12-19-9-11-22(29-3)23(16-19)30-4)27-17-20(28-14-6-7-15-28)21-10-8-18(2)31-21;/h8-11,16,20H,5-7,12-15,17H2,1-4H3,(H2,25,26,27);1H. The van der Waals surface area contributed by atoms with Gasteiger partial charge < -0.3 is 24.5 Å². The number of nitrogens with zero attached hydrogens (tertiary/aromatic N) is 2. The molecule has 1 fully saturated rings. The summed E-state index contributed by atoms with van der Waals surface area (Å²) >= 11 is 0. The lowest BCUT2D eigenvalue weighted by atomic mass is 10.1. The Morgan fingerprint density at radius 2 is 1.84 bits per heavy atom. The van der Waals surface area contributed by atoms with Gasteiger partial charge in [-0.2, -0.15) is 0 Å². The minimum absolute atomic E-state index is 0. The van der Waals surface area contributed by atoms with E-state index < -0.39 is 0 Å². The molecule has 1 aromatic carbocycles. The van der Waals surface area contributed by atoms with Gasteiger partial charge in [-0.05, 0) is 76.0 Å². The molecular weight excluding hydrogens is 519 g/mol. The molecule has 8 heteroatoms. The van der Waals surface area contributed by atoms with Gasteiger partial charge in [0.25, 0.3) is 0 Å². The summed E-state index contributed by atoms with van der Waals surface area (Å²) in [4.78, 5) is 7.37. The Balaban J connectivity index is 0.00000363. The van der Waals surface area contributed by atoms with Crippen LogP contribution in [0.25, 0.3) is 0 Å². The zero-order chi connectivity index (χ0) is 22.1. The molecule has 1 aliphatic rings. The van der Waals surface area contributed by atoms with Gasteiger partial charge in [0.2, 0.25) is 0 Å². The lowest BCUT2D eigenvalue weighted by Gasteiger charge is -2.24. The van der Waals surface area contributed by atoms with Crippen molar-refractivity contribution in [2.75, 3.05) is 46.9 Å². The van der Waals surface area contributed by atoms with Crippen molar-refractivity contribution < 1.29 is 13.9 Å². The summed E-state index contributed by atoms with van der Waals surface area (Å²) in [6.45, 7) is 8.53. The molecule has 1 atom stereocenters. The van der Waals surface area contributed by atoms with Gasteiger partial charge >= 0.3 is 0 Å². The van der Waals surface area contributed by atoms with Crippen molar-refractivity contribution in [1.29, 1.82) is 0 Å². The average Bonchev–Trinajstić information content (AvgIpc) is 3.46. The molecule has 0 saturated carbocycles. The molecular formula is C24H37IN4O3. The van der Waals surface area contributed by atoms with Crippen LogP contribution in [0.3, 0.4) is 0 Å². The lowest BCUT2D eigenvalue weighted by molar-refractivity contribution is 0.219. The maximum Gasteiger partial charge on any atom is 0.191 e. The number of benzene rings is 1. The average molecular weight is 556 g/mol. The molecule has 1 unspecified atom stereocenters. The highest BCUT2D eigenvalue weighted by atomic mass is 127. The van der Waals surface area contributed by atoms with Gasteiger partial charge in [0.05, 0.1) is 26.8 Å². The van der Waals surface area contributed by atoms with Crippen molar-refractivity contribution in [3.63, 3.8) is 0 Å². The summed E-state index contributed by atoms with van der Waals surface area (Å²) < 4.78 is 16.7. The van der Waals surface area contributed by atoms with E-state index in [0.29, 0.717) is 6.54 Å². The summed E-state index contributed by atoms with van der Waals surface area (Å²) in [6, 6.07) is 10.3. The van der Waals surface area contributed by atoms with Crippen molar-refractivity contribution in [2.24, 2.45) is 4.99 Å². The van der Waals surface area contributed by atoms with Crippen LogP contribution in [-0.4, -0.2) is 57.8 Å². The Labute approximate surface area is 209 Å². The molecule has 7 nitrogen and oxygen atoms in total. The zero-order valence-electron chi connectivity index (χ0n) is 19.6. The third-order valence-corrected chi connectivity index (χ3v) is 5.59. The van der Waals surface area contributed by atoms with Crippen molar-refractivity contribution in [1.82, 2.24) is 15.5 Å². The zero-order valence-corrected chi connectivity index (χ0v) is 22.0. The van der Waals surface area contributed by atoms with E-state index >= 15 is 0 Å². The van der Waals surface area contributed by atoms with Crippen LogP contribution >= 0.6 is 24.0 Å². The molecule has 3 rings (SSSR count). The summed E-state index contributed by atoms with van der Waals surface area (Å²) in [7, 11) is 3.31. The first-order chi connectivity index (χ1) is 15.1. The molecule has 0 radical (unpaired) electrons. The number of methoxy groups -OCH3 is 2. The van der Waals surface area contributed by atoms with Gasteiger partial charge in [0.15, 0.2) is 17.5 Å². The number of hydrogen-bond acceptors (Lipinski definition) is 5. The molecule has 0 amide bonds. The largest absolute Gasteiger partial charge is 0.493 e. The summed E-state index contributed by atoms with van der Waals surface area (Å²) in [6.07, 6.45) is 3.34. The Morgan fingerprint density at radius 1 is 1.09 bits per heavy atom. The number of rotatable bonds is 10. The number of nitrogens with one attached hydrogen (secondary N) is 2. The van der Waals surface area contributed by atoms with Crippen LogP contribution in [-0.2, 0) is 6.42 Å². The summed E-state index contributed by atoms with van der Waals surface area (Å²) in [5, 5.41) is 6.81. The first-order valence-corrected chi connectivity index (χ1v) is 11.2. The van der Waals surface area contributed by atoms with E-state index in [4.69, 9.17) is 18.9 Å². The fraction of sp³-hybridized carbons (Fsp3) is 0.542. The number of guanidine groups is 1. The third-order valence-electron chi connectivity index (χ3n) is 5.59. The van der Waals surface area contributed by atoms with E-state index in [9.17, 15) is 0 Å². The fourth-order valence-electron chi connectivity index (χ4n) is 3.95. The van der Waals surface area contributed by atoms with Gasteiger partial charge in [0.1, 0.15) is 11.5 Å². The molecule has 1 aliphatic heterocycles. The molecule has 0 spiro atoms. The molecule has 32 heavy (non-hydrogen) atoms. The van der Waals surface area contributed by atoms with Crippen LogP contribution in [0.2, 0.25) is 0 Å². The second kappa shape index (κ2) is 13.6. The predicted octanol–water partition coefficient (Wildman–Crippen LogP) is 4.16. The normalized spacial score (nSPS) is 15.2. The molecule has 178 valence electrons. The monoisotopic (exact) mass is 556 g/mol. The molecule has 1 aromatic heterocycles. The van der Waals surface area contributed by atoms with E-state index in [1.807, 2.05) is 25.1 Å². The van der Waals surface area contributed by atoms with Crippen molar-refractivity contribution in [3.05, 3.63) is 47.4 Å². The van der Waals surface area contributed by atoms with Crippen LogP contribution in [0, 0.1) is 6.92 Å². The van der Waals surface area contributed by atoms with Crippen LogP contribution in [0.5, 0.6) is 11.5 Å². The number of ether oxygens (including phenoxy) is 2. The van der Waals surface area contributed by atoms with E-state index in [-0.39, 0.29) is 30.0 Å². The predicted molar refractivity (Wildman–Crippen MR) is 140 cm³/mol. The first kappa shape index (κ1) is 26.3. The number of aliphatic imine (C=N–C) groups is 1. The highest BCUT2D eigenvalue weighted by Crippen LogP contribution is 2.28. The number of hydrogen-bond donors (Lipinski definition) is 2. The van der Waals surface area contributed by atoms with E-state index in [0.717, 1.165) is 61.6 Å². The van der Waals surface area contributed by atoms with Crippen molar-refractivity contribution in [3.8, 4) is 11.5 Å². The second-order valence-corrected chi connectivity index (χ2v) is 7.79. The van der Waals surface area contributed by atoms with E-state index in [1.54, 1.807) is 14.2 Å².